The Morgan fingerprint density at radius 3 is 2.23 bits per heavy atom. The van der Waals surface area contributed by atoms with Crippen LogP contribution in [0.15, 0.2) is 88.6 Å². The van der Waals surface area contributed by atoms with Gasteiger partial charge in [-0.05, 0) is 18.2 Å². The third-order valence-corrected chi connectivity index (χ3v) is 6.58. The number of fused-ring (bicyclic) bond motifs is 6. The fourth-order valence-corrected chi connectivity index (χ4v) is 4.94. The molecule has 30 heavy (non-hydrogen) atoms. The standard InChI is InChI=1S/C25H15BrO4/c26-15-11-9-14(10-12-15)25-13-19(16-5-3-4-8-20(16)29-25)21-22(27)17-6-1-2-7-18(17)23(28)24(21)30-25/h1-12,19H,13H2/t19-,25-/m0/s1. The van der Waals surface area contributed by atoms with Crippen molar-refractivity contribution in [2.75, 3.05) is 0 Å². The molecule has 2 atom stereocenters. The van der Waals surface area contributed by atoms with Crippen molar-refractivity contribution in [1.82, 2.24) is 0 Å². The van der Waals surface area contributed by atoms with Gasteiger partial charge in [0.2, 0.25) is 5.78 Å². The van der Waals surface area contributed by atoms with Crippen LogP contribution in [-0.4, -0.2) is 11.6 Å². The predicted molar refractivity (Wildman–Crippen MR) is 113 cm³/mol. The van der Waals surface area contributed by atoms with Gasteiger partial charge in [-0.1, -0.05) is 70.5 Å². The Morgan fingerprint density at radius 2 is 1.47 bits per heavy atom. The maximum absolute atomic E-state index is 13.5. The minimum atomic E-state index is -1.17. The van der Waals surface area contributed by atoms with E-state index in [1.165, 1.54) is 0 Å². The summed E-state index contributed by atoms with van der Waals surface area (Å²) in [5.41, 5.74) is 2.95. The summed E-state index contributed by atoms with van der Waals surface area (Å²) in [6.07, 6.45) is 0.422. The molecule has 3 aromatic rings. The van der Waals surface area contributed by atoms with Crippen molar-refractivity contribution in [2.45, 2.75) is 18.1 Å². The number of ether oxygens (including phenoxy) is 2. The second-order valence-corrected chi connectivity index (χ2v) is 8.62. The van der Waals surface area contributed by atoms with Crippen LogP contribution in [0.4, 0.5) is 0 Å². The first-order valence-electron chi connectivity index (χ1n) is 9.73. The van der Waals surface area contributed by atoms with Gasteiger partial charge in [-0.25, -0.2) is 0 Å². The van der Waals surface area contributed by atoms with Gasteiger partial charge in [-0.3, -0.25) is 9.59 Å². The van der Waals surface area contributed by atoms with E-state index < -0.39 is 5.79 Å². The molecule has 4 nitrogen and oxygen atoms in total. The van der Waals surface area contributed by atoms with Crippen molar-refractivity contribution in [2.24, 2.45) is 0 Å². The Morgan fingerprint density at radius 1 is 0.800 bits per heavy atom. The van der Waals surface area contributed by atoms with E-state index in [4.69, 9.17) is 9.47 Å². The SMILES string of the molecule is O=C1C2=C(C(=O)c3ccccc31)[C@H]1C[C@@](c3ccc(Br)cc3)(O2)Oc2ccccc21. The van der Waals surface area contributed by atoms with E-state index in [0.29, 0.717) is 28.9 Å². The first-order chi connectivity index (χ1) is 14.6. The van der Waals surface area contributed by atoms with Crippen LogP contribution in [0.25, 0.3) is 0 Å². The highest BCUT2D eigenvalue weighted by molar-refractivity contribution is 9.10. The van der Waals surface area contributed by atoms with E-state index in [1.54, 1.807) is 24.3 Å². The molecule has 3 aromatic carbocycles. The van der Waals surface area contributed by atoms with Gasteiger partial charge in [0.15, 0.2) is 11.5 Å². The topological polar surface area (TPSA) is 52.6 Å². The number of halogens is 1. The van der Waals surface area contributed by atoms with E-state index in [2.05, 4.69) is 15.9 Å². The quantitative estimate of drug-likeness (QED) is 0.480. The summed E-state index contributed by atoms with van der Waals surface area (Å²) in [6.45, 7) is 0. The highest BCUT2D eigenvalue weighted by Gasteiger charge is 2.54. The monoisotopic (exact) mass is 458 g/mol. The third kappa shape index (κ3) is 2.33. The molecule has 0 saturated carbocycles. The van der Waals surface area contributed by atoms with E-state index in [1.807, 2.05) is 48.5 Å². The number of carbonyl (C=O) groups excluding carboxylic acids is 2. The summed E-state index contributed by atoms with van der Waals surface area (Å²) >= 11 is 3.46. The molecule has 0 radical (unpaired) electrons. The van der Waals surface area contributed by atoms with Gasteiger partial charge in [0.25, 0.3) is 5.79 Å². The van der Waals surface area contributed by atoms with Crippen LogP contribution >= 0.6 is 15.9 Å². The van der Waals surface area contributed by atoms with Gasteiger partial charge in [-0.15, -0.1) is 0 Å². The number of benzene rings is 3. The Hall–Kier alpha value is -3.18. The maximum atomic E-state index is 13.5. The number of rotatable bonds is 1. The molecule has 0 N–H and O–H groups in total. The maximum Gasteiger partial charge on any atom is 0.279 e. The molecule has 0 spiro atoms. The Labute approximate surface area is 181 Å². The number of carbonyl (C=O) groups is 2. The zero-order valence-electron chi connectivity index (χ0n) is 15.7. The number of hydrogen-bond acceptors (Lipinski definition) is 4. The van der Waals surface area contributed by atoms with Gasteiger partial charge in [0.05, 0.1) is 5.57 Å². The van der Waals surface area contributed by atoms with E-state index in [0.717, 1.165) is 15.6 Å². The first kappa shape index (κ1) is 17.7. The van der Waals surface area contributed by atoms with Crippen LogP contribution in [0.5, 0.6) is 5.75 Å². The molecule has 2 aliphatic heterocycles. The average Bonchev–Trinajstić information content (AvgIpc) is 2.77. The lowest BCUT2D eigenvalue weighted by molar-refractivity contribution is -0.185. The normalized spacial score (nSPS) is 23.7. The molecule has 0 saturated heterocycles. The lowest BCUT2D eigenvalue weighted by Crippen LogP contribution is -2.47. The minimum absolute atomic E-state index is 0.104. The average molecular weight is 459 g/mol. The zero-order chi connectivity index (χ0) is 20.5. The third-order valence-electron chi connectivity index (χ3n) is 6.05. The van der Waals surface area contributed by atoms with Crippen LogP contribution in [0.2, 0.25) is 0 Å². The molecule has 0 amide bonds. The van der Waals surface area contributed by atoms with Crippen molar-refractivity contribution in [1.29, 1.82) is 0 Å². The van der Waals surface area contributed by atoms with Gasteiger partial charge >= 0.3 is 0 Å². The van der Waals surface area contributed by atoms with Crippen LogP contribution in [-0.2, 0) is 10.5 Å². The van der Waals surface area contributed by atoms with Crippen molar-refractivity contribution >= 4 is 27.5 Å². The smallest absolute Gasteiger partial charge is 0.279 e. The number of hydrogen-bond donors (Lipinski definition) is 0. The molecule has 2 bridgehead atoms. The fourth-order valence-electron chi connectivity index (χ4n) is 4.67. The van der Waals surface area contributed by atoms with Crippen LogP contribution < -0.4 is 4.74 Å². The lowest BCUT2D eigenvalue weighted by Gasteiger charge is -2.47. The lowest BCUT2D eigenvalue weighted by atomic mass is 9.72. The van der Waals surface area contributed by atoms with Gasteiger partial charge in [0.1, 0.15) is 5.75 Å². The second-order valence-electron chi connectivity index (χ2n) is 7.71. The summed E-state index contributed by atoms with van der Waals surface area (Å²) in [7, 11) is 0. The van der Waals surface area contributed by atoms with Crippen molar-refractivity contribution in [3.05, 3.63) is 111 Å². The van der Waals surface area contributed by atoms with Gasteiger partial charge < -0.3 is 9.47 Å². The summed E-state index contributed by atoms with van der Waals surface area (Å²) in [5.74, 6) is -1.09. The van der Waals surface area contributed by atoms with Gasteiger partial charge in [0, 0.05) is 39.1 Å². The Bertz CT molecular complexity index is 1270. The minimum Gasteiger partial charge on any atom is -0.448 e. The molecule has 6 rings (SSSR count). The summed E-state index contributed by atoms with van der Waals surface area (Å²) in [6, 6.07) is 22.3. The van der Waals surface area contributed by atoms with Crippen molar-refractivity contribution < 1.29 is 19.1 Å². The van der Waals surface area contributed by atoms with Crippen molar-refractivity contribution in [3.63, 3.8) is 0 Å². The summed E-state index contributed by atoms with van der Waals surface area (Å²) in [5, 5.41) is 0. The molecule has 0 aromatic heterocycles. The van der Waals surface area contributed by atoms with Crippen molar-refractivity contribution in [3.8, 4) is 5.75 Å². The number of Topliss-reactive ketones (excluding diaryl/α,β-unsaturated/α-hetero) is 2. The summed E-state index contributed by atoms with van der Waals surface area (Å²) < 4.78 is 13.7. The molecular formula is C25H15BrO4. The Balaban J connectivity index is 1.61. The number of allylic oxidation sites excluding steroid dienone is 2. The second kappa shape index (κ2) is 6.16. The predicted octanol–water partition coefficient (Wildman–Crippen LogP) is 5.53. The fraction of sp³-hybridized carbons (Fsp3) is 0.120. The molecule has 146 valence electrons. The van der Waals surface area contributed by atoms with E-state index in [-0.39, 0.29) is 23.2 Å². The van der Waals surface area contributed by atoms with Gasteiger partial charge in [-0.2, -0.15) is 0 Å². The first-order valence-corrected chi connectivity index (χ1v) is 10.5. The molecule has 5 heteroatoms. The summed E-state index contributed by atoms with van der Waals surface area (Å²) in [4.78, 5) is 26.8. The van der Waals surface area contributed by atoms with Crippen LogP contribution in [0.1, 0.15) is 44.2 Å². The Kier molecular flexibility index (Phi) is 3.63. The molecule has 2 heterocycles. The molecule has 1 aliphatic carbocycles. The zero-order valence-corrected chi connectivity index (χ0v) is 17.3. The van der Waals surface area contributed by atoms with Crippen LogP contribution in [0.3, 0.4) is 0 Å². The number of ketones is 2. The van der Waals surface area contributed by atoms with Crippen LogP contribution in [0, 0.1) is 0 Å². The van der Waals surface area contributed by atoms with E-state index >= 15 is 0 Å². The molecular weight excluding hydrogens is 444 g/mol. The molecule has 0 unspecified atom stereocenters. The molecule has 0 fully saturated rings. The molecule has 3 aliphatic rings. The number of para-hydroxylation sites is 1. The van der Waals surface area contributed by atoms with E-state index in [9.17, 15) is 9.59 Å². The highest BCUT2D eigenvalue weighted by Crippen LogP contribution is 2.55. The largest absolute Gasteiger partial charge is 0.448 e. The highest BCUT2D eigenvalue weighted by atomic mass is 79.9.